The molecular weight excluding hydrogens is 725 g/mol. The summed E-state index contributed by atoms with van der Waals surface area (Å²) in [6, 6.07) is 9.46. The van der Waals surface area contributed by atoms with Gasteiger partial charge in [0.05, 0.1) is 17.8 Å². The van der Waals surface area contributed by atoms with Crippen molar-refractivity contribution in [3.8, 4) is 11.3 Å². The molecular formula is C31H38F4IN5O5. The molecule has 0 radical (unpaired) electrons. The van der Waals surface area contributed by atoms with Gasteiger partial charge in [-0.25, -0.2) is 28.1 Å². The van der Waals surface area contributed by atoms with Gasteiger partial charge in [-0.2, -0.15) is 13.9 Å². The normalized spacial score (nSPS) is 13.4. The van der Waals surface area contributed by atoms with Gasteiger partial charge in [0.25, 0.3) is 0 Å². The van der Waals surface area contributed by atoms with E-state index in [2.05, 4.69) is 38.4 Å². The highest BCUT2D eigenvalue weighted by molar-refractivity contribution is 14.1. The van der Waals surface area contributed by atoms with Crippen LogP contribution in [0.2, 0.25) is 0 Å². The number of carbonyl (C=O) groups excluding carboxylic acids is 2. The lowest BCUT2D eigenvalue weighted by atomic mass is 10.0. The zero-order chi connectivity index (χ0) is 34.4. The molecule has 15 heteroatoms. The molecule has 0 aliphatic rings. The van der Waals surface area contributed by atoms with Crippen LogP contribution in [-0.2, 0) is 22.4 Å². The number of halogens is 5. The molecule has 1 heterocycles. The summed E-state index contributed by atoms with van der Waals surface area (Å²) in [6.07, 6.45) is -2.01. The molecule has 2 amide bonds. The second kappa shape index (κ2) is 15.4. The highest BCUT2D eigenvalue weighted by Gasteiger charge is 2.29. The van der Waals surface area contributed by atoms with Crippen molar-refractivity contribution in [2.24, 2.45) is 0 Å². The minimum Gasteiger partial charge on any atom is -0.444 e. The minimum atomic E-state index is -2.93. The fourth-order valence-corrected chi connectivity index (χ4v) is 4.60. The summed E-state index contributed by atoms with van der Waals surface area (Å²) in [5.41, 5.74) is 0.805. The first-order chi connectivity index (χ1) is 21.3. The first kappa shape index (κ1) is 37.0. The van der Waals surface area contributed by atoms with Gasteiger partial charge in [0.2, 0.25) is 0 Å². The lowest BCUT2D eigenvalue weighted by Gasteiger charge is -2.32. The fraction of sp³-hybridized carbons (Fsp3) is 0.452. The van der Waals surface area contributed by atoms with E-state index >= 15 is 8.78 Å². The maximum atomic E-state index is 15.3. The molecule has 10 nitrogen and oxygen atoms in total. The predicted molar refractivity (Wildman–Crippen MR) is 171 cm³/mol. The maximum absolute atomic E-state index is 15.3. The van der Waals surface area contributed by atoms with Gasteiger partial charge >= 0.3 is 18.7 Å². The molecule has 2 atom stereocenters. The smallest absolute Gasteiger partial charge is 0.422 e. The topological polar surface area (TPSA) is 118 Å². The molecule has 0 saturated heterocycles. The highest BCUT2D eigenvalue weighted by Crippen LogP contribution is 2.25. The number of benzene rings is 2. The molecule has 0 bridgehead atoms. The van der Waals surface area contributed by atoms with E-state index < -0.39 is 72.4 Å². The molecule has 0 aliphatic carbocycles. The van der Waals surface area contributed by atoms with Crippen LogP contribution < -0.4 is 10.7 Å². The van der Waals surface area contributed by atoms with Crippen LogP contribution in [0.5, 0.6) is 0 Å². The Hall–Kier alpha value is -3.44. The number of hydrazine groups is 1. The van der Waals surface area contributed by atoms with Crippen LogP contribution in [0.3, 0.4) is 0 Å². The van der Waals surface area contributed by atoms with E-state index in [0.717, 1.165) is 32.5 Å². The Labute approximate surface area is 278 Å². The van der Waals surface area contributed by atoms with E-state index in [1.165, 1.54) is 6.07 Å². The lowest BCUT2D eigenvalue weighted by Crippen LogP contribution is -2.54. The molecule has 0 spiro atoms. The number of carbonyl (C=O) groups is 2. The van der Waals surface area contributed by atoms with Crippen LogP contribution in [0, 0.1) is 15.2 Å². The average molecular weight is 764 g/mol. The summed E-state index contributed by atoms with van der Waals surface area (Å²) in [5, 5.41) is 18.7. The Morgan fingerprint density at radius 2 is 1.54 bits per heavy atom. The van der Waals surface area contributed by atoms with Crippen molar-refractivity contribution in [3.63, 3.8) is 0 Å². The van der Waals surface area contributed by atoms with E-state index in [1.807, 2.05) is 24.3 Å². The fourth-order valence-electron chi connectivity index (χ4n) is 4.24. The third-order valence-corrected chi connectivity index (χ3v) is 6.90. The van der Waals surface area contributed by atoms with Crippen LogP contribution in [0.1, 0.15) is 59.2 Å². The van der Waals surface area contributed by atoms with E-state index in [0.29, 0.717) is 4.68 Å². The Balaban J connectivity index is 1.91. The SMILES string of the molecule is CC(C)(C)OC(=O)NC(Cc1ccc(I)cc1)C(O)CN(Cc1c(F)cc(-c2ccn(C(F)F)n2)cc1F)NC(=O)OC(C)(C)C. The molecule has 3 aromatic rings. The third kappa shape index (κ3) is 11.7. The molecule has 0 saturated carbocycles. The first-order valence-electron chi connectivity index (χ1n) is 14.3. The van der Waals surface area contributed by atoms with Crippen LogP contribution in [0.15, 0.2) is 48.7 Å². The molecule has 252 valence electrons. The average Bonchev–Trinajstić information content (AvgIpc) is 3.40. The summed E-state index contributed by atoms with van der Waals surface area (Å²) >= 11 is 2.14. The Morgan fingerprint density at radius 3 is 2.07 bits per heavy atom. The zero-order valence-corrected chi connectivity index (χ0v) is 28.4. The number of amides is 2. The van der Waals surface area contributed by atoms with Crippen molar-refractivity contribution in [2.75, 3.05) is 6.54 Å². The number of nitrogens with one attached hydrogen (secondary N) is 2. The molecule has 2 unspecified atom stereocenters. The number of hydrogen-bond acceptors (Lipinski definition) is 7. The third-order valence-electron chi connectivity index (χ3n) is 6.19. The van der Waals surface area contributed by atoms with Gasteiger partial charge in [-0.05, 0) is 106 Å². The largest absolute Gasteiger partial charge is 0.444 e. The highest BCUT2D eigenvalue weighted by atomic mass is 127. The van der Waals surface area contributed by atoms with Crippen molar-refractivity contribution in [3.05, 3.63) is 75.0 Å². The van der Waals surface area contributed by atoms with E-state index in [1.54, 1.807) is 41.5 Å². The summed E-state index contributed by atoms with van der Waals surface area (Å²) in [5.74, 6) is -2.09. The maximum Gasteiger partial charge on any atom is 0.422 e. The Bertz CT molecular complexity index is 1470. The molecule has 3 N–H and O–H groups in total. The van der Waals surface area contributed by atoms with Crippen molar-refractivity contribution < 1.29 is 41.7 Å². The summed E-state index contributed by atoms with van der Waals surface area (Å²) in [7, 11) is 0. The lowest BCUT2D eigenvalue weighted by molar-refractivity contribution is 0.01000. The van der Waals surface area contributed by atoms with Crippen LogP contribution in [0.4, 0.5) is 27.2 Å². The number of aliphatic hydroxyl groups excluding tert-OH is 1. The number of alkyl carbamates (subject to hydrolysis) is 1. The summed E-state index contributed by atoms with van der Waals surface area (Å²) in [6.45, 7) is 6.00. The molecule has 0 aliphatic heterocycles. The van der Waals surface area contributed by atoms with Crippen LogP contribution >= 0.6 is 22.6 Å². The number of aromatic nitrogens is 2. The number of aliphatic hydroxyl groups is 1. The number of ether oxygens (including phenoxy) is 2. The quantitative estimate of drug-likeness (QED) is 0.115. The van der Waals surface area contributed by atoms with Gasteiger partial charge in [0.1, 0.15) is 22.8 Å². The standard InChI is InChI=1S/C31H38F4IN5O5/c1-30(2,3)45-28(43)37-25(13-18-7-9-20(36)10-8-18)26(42)17-40(39-29(44)46-31(4,5)6)16-21-22(32)14-19(15-23(21)33)24-11-12-41(38-24)27(34)35/h7-12,14-15,25-27,42H,13,16-17H2,1-6H3,(H,37,43)(H,39,44). The second-order valence-electron chi connectivity index (χ2n) is 12.5. The number of hydrogen-bond donors (Lipinski definition) is 3. The van der Waals surface area contributed by atoms with Gasteiger partial charge < -0.3 is 19.9 Å². The predicted octanol–water partition coefficient (Wildman–Crippen LogP) is 6.57. The van der Waals surface area contributed by atoms with E-state index in [-0.39, 0.29) is 17.7 Å². The second-order valence-corrected chi connectivity index (χ2v) is 13.8. The minimum absolute atomic E-state index is 0.0736. The first-order valence-corrected chi connectivity index (χ1v) is 15.4. The molecule has 1 aromatic heterocycles. The van der Waals surface area contributed by atoms with Gasteiger partial charge in [-0.3, -0.25) is 5.43 Å². The summed E-state index contributed by atoms with van der Waals surface area (Å²) < 4.78 is 68.6. The summed E-state index contributed by atoms with van der Waals surface area (Å²) in [4.78, 5) is 25.4. The number of rotatable bonds is 11. The zero-order valence-electron chi connectivity index (χ0n) is 26.3. The van der Waals surface area contributed by atoms with E-state index in [9.17, 15) is 23.5 Å². The van der Waals surface area contributed by atoms with Crippen LogP contribution in [-0.4, -0.2) is 62.0 Å². The monoisotopic (exact) mass is 763 g/mol. The molecule has 3 rings (SSSR count). The molecule has 46 heavy (non-hydrogen) atoms. The van der Waals surface area contributed by atoms with Gasteiger partial charge in [0, 0.05) is 34.0 Å². The van der Waals surface area contributed by atoms with Crippen molar-refractivity contribution in [1.29, 1.82) is 0 Å². The Morgan fingerprint density at radius 1 is 0.978 bits per heavy atom. The van der Waals surface area contributed by atoms with E-state index in [4.69, 9.17) is 9.47 Å². The number of alkyl halides is 2. The van der Waals surface area contributed by atoms with Crippen molar-refractivity contribution in [2.45, 2.75) is 84.4 Å². The van der Waals surface area contributed by atoms with Crippen LogP contribution in [0.25, 0.3) is 11.3 Å². The Kier molecular flexibility index (Phi) is 12.4. The van der Waals surface area contributed by atoms with Gasteiger partial charge in [-0.15, -0.1) is 0 Å². The van der Waals surface area contributed by atoms with Gasteiger partial charge in [0.15, 0.2) is 0 Å². The van der Waals surface area contributed by atoms with Crippen molar-refractivity contribution in [1.82, 2.24) is 25.5 Å². The molecule has 2 aromatic carbocycles. The van der Waals surface area contributed by atoms with Crippen molar-refractivity contribution >= 4 is 34.8 Å². The number of nitrogens with zero attached hydrogens (tertiary/aromatic N) is 3. The molecule has 0 fully saturated rings. The van der Waals surface area contributed by atoms with Gasteiger partial charge in [-0.1, -0.05) is 12.1 Å².